The van der Waals surface area contributed by atoms with Gasteiger partial charge in [0.05, 0.1) is 6.04 Å². The Kier molecular flexibility index (Phi) is 4.86. The number of carbonyl (C=O) groups excluding carboxylic acids is 2. The number of ether oxygens (including phenoxy) is 1. The maximum atomic E-state index is 12.5. The molecule has 2 aliphatic heterocycles. The normalized spacial score (nSPS) is 23.0. The molecular formula is C20H21N7O4. The predicted octanol–water partition coefficient (Wildman–Crippen LogP) is 0.454. The largest absolute Gasteiger partial charge is 0.358 e. The minimum absolute atomic E-state index is 0.0668. The van der Waals surface area contributed by atoms with E-state index < -0.39 is 11.5 Å². The number of amides is 3. The molecule has 4 N–H and O–H groups in total. The summed E-state index contributed by atoms with van der Waals surface area (Å²) in [4.78, 5) is 41.0. The van der Waals surface area contributed by atoms with Crippen LogP contribution in [0.2, 0.25) is 0 Å². The number of aromatic amines is 1. The molecule has 3 amide bonds. The number of nitrogens with zero attached hydrogens (tertiary/aromatic N) is 3. The zero-order chi connectivity index (χ0) is 21.4. The number of aromatic nitrogens is 4. The van der Waals surface area contributed by atoms with E-state index in [9.17, 15) is 14.4 Å². The van der Waals surface area contributed by atoms with E-state index in [-0.39, 0.29) is 42.1 Å². The van der Waals surface area contributed by atoms with Crippen LogP contribution in [0.3, 0.4) is 0 Å². The van der Waals surface area contributed by atoms with Gasteiger partial charge in [0.2, 0.25) is 5.78 Å². The van der Waals surface area contributed by atoms with Crippen LogP contribution in [0.1, 0.15) is 40.4 Å². The van der Waals surface area contributed by atoms with Crippen LogP contribution in [0.15, 0.2) is 41.6 Å². The summed E-state index contributed by atoms with van der Waals surface area (Å²) in [5.74, 6) is -0.123. The van der Waals surface area contributed by atoms with Crippen molar-refractivity contribution in [2.24, 2.45) is 5.92 Å². The quantitative estimate of drug-likeness (QED) is 0.480. The lowest BCUT2D eigenvalue weighted by Gasteiger charge is -2.42. The topological polar surface area (TPSA) is 143 Å². The predicted molar refractivity (Wildman–Crippen MR) is 108 cm³/mol. The highest BCUT2D eigenvalue weighted by Crippen LogP contribution is 2.34. The molecule has 5 rings (SSSR count). The molecule has 2 saturated heterocycles. The molecule has 11 nitrogen and oxygen atoms in total. The van der Waals surface area contributed by atoms with Crippen molar-refractivity contribution >= 4 is 17.7 Å². The SMILES string of the molecule is O=C1N[C@H]2OCCC[C@H]2[C@H](c2cccc(CNC(=O)c3cnc4[nH]ncn4c3=O)c2)N1. The summed E-state index contributed by atoms with van der Waals surface area (Å²) in [6, 6.07) is 7.24. The Morgan fingerprint density at radius 1 is 1.29 bits per heavy atom. The zero-order valence-electron chi connectivity index (χ0n) is 16.5. The molecule has 1 aromatic carbocycles. The molecule has 2 fully saturated rings. The number of urea groups is 1. The lowest BCUT2D eigenvalue weighted by molar-refractivity contribution is -0.0602. The number of benzene rings is 1. The molecule has 160 valence electrons. The molecule has 2 aromatic heterocycles. The summed E-state index contributed by atoms with van der Waals surface area (Å²) in [5.41, 5.74) is 1.24. The van der Waals surface area contributed by atoms with Gasteiger partial charge in [-0.3, -0.25) is 9.59 Å². The van der Waals surface area contributed by atoms with Gasteiger partial charge >= 0.3 is 6.03 Å². The molecule has 0 bridgehead atoms. The average Bonchev–Trinajstić information content (AvgIpc) is 3.27. The van der Waals surface area contributed by atoms with E-state index in [4.69, 9.17) is 4.74 Å². The first-order valence-electron chi connectivity index (χ1n) is 10.1. The number of rotatable bonds is 4. The van der Waals surface area contributed by atoms with Gasteiger partial charge in [-0.25, -0.2) is 19.3 Å². The minimum atomic E-state index is -0.519. The first kappa shape index (κ1) is 19.2. The summed E-state index contributed by atoms with van der Waals surface area (Å²) >= 11 is 0. The van der Waals surface area contributed by atoms with E-state index >= 15 is 0 Å². The first-order chi connectivity index (χ1) is 15.1. The zero-order valence-corrected chi connectivity index (χ0v) is 16.5. The highest BCUT2D eigenvalue weighted by atomic mass is 16.5. The molecule has 11 heteroatoms. The lowest BCUT2D eigenvalue weighted by atomic mass is 9.85. The van der Waals surface area contributed by atoms with Crippen molar-refractivity contribution in [2.75, 3.05) is 6.61 Å². The maximum Gasteiger partial charge on any atom is 0.317 e. The number of carbonyl (C=O) groups is 2. The Morgan fingerprint density at radius 3 is 3.10 bits per heavy atom. The van der Waals surface area contributed by atoms with E-state index in [0.717, 1.165) is 24.0 Å². The fraction of sp³-hybridized carbons (Fsp3) is 0.350. The lowest BCUT2D eigenvalue weighted by Crippen LogP contribution is -2.58. The van der Waals surface area contributed by atoms with E-state index in [0.29, 0.717) is 6.61 Å². The number of hydrogen-bond acceptors (Lipinski definition) is 6. The maximum absolute atomic E-state index is 12.5. The van der Waals surface area contributed by atoms with Gasteiger partial charge in [0.1, 0.15) is 18.1 Å². The molecule has 3 aromatic rings. The second kappa shape index (κ2) is 7.84. The molecule has 2 aliphatic rings. The summed E-state index contributed by atoms with van der Waals surface area (Å²) in [6.07, 6.45) is 4.09. The van der Waals surface area contributed by atoms with Gasteiger partial charge in [-0.1, -0.05) is 24.3 Å². The fourth-order valence-electron chi connectivity index (χ4n) is 4.18. The van der Waals surface area contributed by atoms with Gasteiger partial charge in [0.15, 0.2) is 0 Å². The van der Waals surface area contributed by atoms with Crippen LogP contribution < -0.4 is 21.5 Å². The van der Waals surface area contributed by atoms with Crippen molar-refractivity contribution in [1.29, 1.82) is 0 Å². The van der Waals surface area contributed by atoms with Crippen molar-refractivity contribution in [1.82, 2.24) is 35.5 Å². The number of fused-ring (bicyclic) bond motifs is 2. The van der Waals surface area contributed by atoms with Gasteiger partial charge in [0.25, 0.3) is 11.5 Å². The standard InChI is InChI=1S/C20H21N7O4/c28-16(14-9-22-19-26-23-10-27(19)18(14)29)21-8-11-3-1-4-12(7-11)15-13-5-2-6-31-17(13)25-20(30)24-15/h1,3-4,7,9-10,13,15,17H,2,5-6,8H2,(H,21,28)(H,22,26)(H2,24,25,30)/t13-,15-,17-/m0/s1. The first-order valence-corrected chi connectivity index (χ1v) is 10.1. The third kappa shape index (κ3) is 3.63. The van der Waals surface area contributed by atoms with Gasteiger partial charge < -0.3 is 20.7 Å². The molecule has 4 heterocycles. The number of hydrogen-bond donors (Lipinski definition) is 4. The summed E-state index contributed by atoms with van der Waals surface area (Å²) in [6.45, 7) is 0.864. The highest BCUT2D eigenvalue weighted by molar-refractivity contribution is 5.93. The molecule has 0 unspecified atom stereocenters. The van der Waals surface area contributed by atoms with Gasteiger partial charge in [-0.05, 0) is 24.0 Å². The van der Waals surface area contributed by atoms with Crippen molar-refractivity contribution in [3.8, 4) is 0 Å². The molecule has 0 spiro atoms. The highest BCUT2D eigenvalue weighted by Gasteiger charge is 2.39. The van der Waals surface area contributed by atoms with Crippen molar-refractivity contribution in [2.45, 2.75) is 31.7 Å². The van der Waals surface area contributed by atoms with Crippen LogP contribution in [0.4, 0.5) is 4.79 Å². The molecule has 0 saturated carbocycles. The van der Waals surface area contributed by atoms with Crippen LogP contribution in [0, 0.1) is 5.92 Å². The van der Waals surface area contributed by atoms with Gasteiger partial charge in [0, 0.05) is 25.3 Å². The number of nitrogens with one attached hydrogen (secondary N) is 4. The van der Waals surface area contributed by atoms with Crippen molar-refractivity contribution < 1.29 is 14.3 Å². The Morgan fingerprint density at radius 2 is 2.19 bits per heavy atom. The fourth-order valence-corrected chi connectivity index (χ4v) is 4.18. The Hall–Kier alpha value is -3.73. The second-order valence-electron chi connectivity index (χ2n) is 7.65. The van der Waals surface area contributed by atoms with Crippen LogP contribution >= 0.6 is 0 Å². The van der Waals surface area contributed by atoms with Gasteiger partial charge in [-0.2, -0.15) is 5.10 Å². The van der Waals surface area contributed by atoms with Crippen LogP contribution in [-0.4, -0.2) is 44.4 Å². The summed E-state index contributed by atoms with van der Waals surface area (Å²) in [5, 5.41) is 14.9. The molecule has 0 radical (unpaired) electrons. The van der Waals surface area contributed by atoms with E-state index in [1.54, 1.807) is 0 Å². The Bertz CT molecular complexity index is 1200. The molecular weight excluding hydrogens is 402 g/mol. The van der Waals surface area contributed by atoms with E-state index in [1.165, 1.54) is 16.9 Å². The number of H-pyrrole nitrogens is 1. The monoisotopic (exact) mass is 423 g/mol. The average molecular weight is 423 g/mol. The van der Waals surface area contributed by atoms with Crippen LogP contribution in [0.5, 0.6) is 0 Å². The Balaban J connectivity index is 1.32. The Labute approximate surface area is 176 Å². The van der Waals surface area contributed by atoms with Gasteiger partial charge in [-0.15, -0.1) is 0 Å². The smallest absolute Gasteiger partial charge is 0.317 e. The van der Waals surface area contributed by atoms with Crippen molar-refractivity contribution in [3.05, 3.63) is 63.8 Å². The van der Waals surface area contributed by atoms with E-state index in [1.807, 2.05) is 24.3 Å². The molecule has 0 aliphatic carbocycles. The summed E-state index contributed by atoms with van der Waals surface area (Å²) in [7, 11) is 0. The minimum Gasteiger partial charge on any atom is -0.358 e. The van der Waals surface area contributed by atoms with E-state index in [2.05, 4.69) is 31.1 Å². The molecule has 31 heavy (non-hydrogen) atoms. The third-order valence-corrected chi connectivity index (χ3v) is 5.70. The van der Waals surface area contributed by atoms with Crippen molar-refractivity contribution in [3.63, 3.8) is 0 Å². The van der Waals surface area contributed by atoms with Crippen LogP contribution in [-0.2, 0) is 11.3 Å². The second-order valence-corrected chi connectivity index (χ2v) is 7.65. The third-order valence-electron chi connectivity index (χ3n) is 5.70. The molecule has 3 atom stereocenters. The van der Waals surface area contributed by atoms with Crippen LogP contribution in [0.25, 0.3) is 5.78 Å². The summed E-state index contributed by atoms with van der Waals surface area (Å²) < 4.78 is 6.90.